The number of nitrogens with zero attached hydrogens (tertiary/aromatic N) is 2. The van der Waals surface area contributed by atoms with Crippen LogP contribution in [-0.4, -0.2) is 23.7 Å². The number of hydrogen-bond acceptors (Lipinski definition) is 5. The second-order valence-electron chi connectivity index (χ2n) is 2.02. The highest BCUT2D eigenvalue weighted by atomic mass is 16.5. The van der Waals surface area contributed by atoms with E-state index in [0.717, 1.165) is 24.3 Å². The van der Waals surface area contributed by atoms with Crippen molar-refractivity contribution in [2.75, 3.05) is 6.61 Å². The van der Waals surface area contributed by atoms with E-state index >= 15 is 0 Å². The first-order valence-electron chi connectivity index (χ1n) is 4.10. The van der Waals surface area contributed by atoms with Gasteiger partial charge in [0.1, 0.15) is 0 Å². The van der Waals surface area contributed by atoms with Gasteiger partial charge in [0.05, 0.1) is 18.7 Å². The molecule has 0 amide bonds. The van der Waals surface area contributed by atoms with Crippen molar-refractivity contribution in [2.24, 2.45) is 0 Å². The molecule has 6 heteroatoms. The van der Waals surface area contributed by atoms with Crippen molar-refractivity contribution < 1.29 is 19.4 Å². The smallest absolute Gasteiger partial charge is 0.331 e. The van der Waals surface area contributed by atoms with Crippen molar-refractivity contribution in [1.29, 1.82) is 10.5 Å². The third kappa shape index (κ3) is 17.5. The monoisotopic (exact) mass is 222 g/mol. The molecule has 84 valence electrons. The fraction of sp³-hybridized carbons (Fsp3) is 0.200. The molecule has 16 heavy (non-hydrogen) atoms. The fourth-order valence-corrected chi connectivity index (χ4v) is 0.404. The SMILES string of the molecule is CCOC(=O)C=CC#N.N#CC=CC(=O)O. The molecule has 0 heterocycles. The molecule has 0 rings (SSSR count). The lowest BCUT2D eigenvalue weighted by molar-refractivity contribution is -0.137. The number of allylic oxidation sites excluding steroid dienone is 2. The van der Waals surface area contributed by atoms with Gasteiger partial charge in [-0.3, -0.25) is 0 Å². The molecule has 0 aliphatic carbocycles. The van der Waals surface area contributed by atoms with Gasteiger partial charge in [-0.1, -0.05) is 0 Å². The summed E-state index contributed by atoms with van der Waals surface area (Å²) in [5.41, 5.74) is 0. The molecule has 0 spiro atoms. The van der Waals surface area contributed by atoms with Crippen LogP contribution in [0.2, 0.25) is 0 Å². The first-order valence-corrected chi connectivity index (χ1v) is 4.10. The summed E-state index contributed by atoms with van der Waals surface area (Å²) in [4.78, 5) is 19.9. The quantitative estimate of drug-likeness (QED) is 0.429. The molecule has 0 saturated carbocycles. The Hall–Kier alpha value is -2.60. The summed E-state index contributed by atoms with van der Waals surface area (Å²) < 4.78 is 4.47. The van der Waals surface area contributed by atoms with Gasteiger partial charge in [0.2, 0.25) is 0 Å². The van der Waals surface area contributed by atoms with Gasteiger partial charge in [-0.2, -0.15) is 10.5 Å². The van der Waals surface area contributed by atoms with Crippen molar-refractivity contribution >= 4 is 11.9 Å². The van der Waals surface area contributed by atoms with E-state index in [1.165, 1.54) is 6.07 Å². The second-order valence-corrected chi connectivity index (χ2v) is 2.02. The maximum absolute atomic E-state index is 10.3. The van der Waals surface area contributed by atoms with Gasteiger partial charge in [0, 0.05) is 24.3 Å². The number of hydrogen-bond donors (Lipinski definition) is 1. The van der Waals surface area contributed by atoms with Crippen LogP contribution in [0.1, 0.15) is 6.92 Å². The zero-order valence-electron chi connectivity index (χ0n) is 8.58. The zero-order valence-corrected chi connectivity index (χ0v) is 8.58. The van der Waals surface area contributed by atoms with Crippen molar-refractivity contribution in [1.82, 2.24) is 0 Å². The summed E-state index contributed by atoms with van der Waals surface area (Å²) in [6.07, 6.45) is 3.85. The van der Waals surface area contributed by atoms with Crippen LogP contribution in [0.4, 0.5) is 0 Å². The Balaban J connectivity index is 0. The molecular weight excluding hydrogens is 212 g/mol. The average molecular weight is 222 g/mol. The van der Waals surface area contributed by atoms with Crippen LogP contribution in [0.3, 0.4) is 0 Å². The summed E-state index contributed by atoms with van der Waals surface area (Å²) in [5, 5.41) is 23.5. The highest BCUT2D eigenvalue weighted by Crippen LogP contribution is 1.78. The standard InChI is InChI=1S/C6H7NO2.C4H3NO2/c1-2-9-6(8)4-3-5-7;5-3-1-2-4(6)7/h3-4H,2H2,1H3;1-2H,(H,6,7). The van der Waals surface area contributed by atoms with Gasteiger partial charge < -0.3 is 9.84 Å². The Morgan fingerprint density at radius 1 is 1.25 bits per heavy atom. The van der Waals surface area contributed by atoms with E-state index in [4.69, 9.17) is 15.6 Å². The van der Waals surface area contributed by atoms with Gasteiger partial charge in [-0.05, 0) is 6.92 Å². The predicted molar refractivity (Wildman–Crippen MR) is 53.8 cm³/mol. The molecule has 6 nitrogen and oxygen atoms in total. The van der Waals surface area contributed by atoms with E-state index in [1.54, 1.807) is 13.0 Å². The second kappa shape index (κ2) is 12.4. The number of aliphatic carboxylic acids is 1. The van der Waals surface area contributed by atoms with Crippen molar-refractivity contribution in [3.05, 3.63) is 24.3 Å². The molecule has 1 N–H and O–H groups in total. The molecule has 0 fully saturated rings. The van der Waals surface area contributed by atoms with Crippen LogP contribution in [-0.2, 0) is 14.3 Å². The number of esters is 1. The Bertz CT molecular complexity index is 358. The largest absolute Gasteiger partial charge is 0.478 e. The average Bonchev–Trinajstić information content (AvgIpc) is 2.25. The number of carboxylic acid groups (broad SMARTS) is 1. The van der Waals surface area contributed by atoms with Crippen molar-refractivity contribution in [3.8, 4) is 12.1 Å². The van der Waals surface area contributed by atoms with E-state index in [9.17, 15) is 9.59 Å². The molecule has 0 atom stereocenters. The minimum atomic E-state index is -1.10. The van der Waals surface area contributed by atoms with Gasteiger partial charge in [-0.25, -0.2) is 9.59 Å². The van der Waals surface area contributed by atoms with Crippen molar-refractivity contribution in [3.63, 3.8) is 0 Å². The predicted octanol–water partition coefficient (Wildman–Crippen LogP) is 0.780. The molecule has 0 aromatic carbocycles. The molecule has 0 aromatic rings. The minimum Gasteiger partial charge on any atom is -0.478 e. The maximum Gasteiger partial charge on any atom is 0.331 e. The Morgan fingerprint density at radius 3 is 2.06 bits per heavy atom. The summed E-state index contributed by atoms with van der Waals surface area (Å²) >= 11 is 0. The maximum atomic E-state index is 10.3. The van der Waals surface area contributed by atoms with E-state index in [2.05, 4.69) is 4.74 Å². The molecule has 0 aliphatic rings. The Kier molecular flexibility index (Phi) is 12.3. The molecule has 0 bridgehead atoms. The van der Waals surface area contributed by atoms with E-state index in [-0.39, 0.29) is 0 Å². The van der Waals surface area contributed by atoms with Gasteiger partial charge >= 0.3 is 11.9 Å². The molecule has 0 radical (unpaired) electrons. The summed E-state index contributed by atoms with van der Waals surface area (Å²) in [7, 11) is 0. The molecule has 0 saturated heterocycles. The lowest BCUT2D eigenvalue weighted by Gasteiger charge is -1.91. The first-order chi connectivity index (χ1) is 7.58. The van der Waals surface area contributed by atoms with Crippen LogP contribution >= 0.6 is 0 Å². The van der Waals surface area contributed by atoms with E-state index < -0.39 is 11.9 Å². The first kappa shape index (κ1) is 15.9. The van der Waals surface area contributed by atoms with Crippen LogP contribution in [0.5, 0.6) is 0 Å². The van der Waals surface area contributed by atoms with E-state index in [1.807, 2.05) is 0 Å². The van der Waals surface area contributed by atoms with Gasteiger partial charge in [0.25, 0.3) is 0 Å². The summed E-state index contributed by atoms with van der Waals surface area (Å²) in [5.74, 6) is -1.57. The van der Waals surface area contributed by atoms with Crippen LogP contribution in [0, 0.1) is 22.7 Å². The summed E-state index contributed by atoms with van der Waals surface area (Å²) in [6.45, 7) is 2.05. The lowest BCUT2D eigenvalue weighted by atomic mass is 10.5. The van der Waals surface area contributed by atoms with E-state index in [0.29, 0.717) is 6.61 Å². The van der Waals surface area contributed by atoms with Gasteiger partial charge in [0.15, 0.2) is 0 Å². The number of carbonyl (C=O) groups is 2. The van der Waals surface area contributed by atoms with Crippen LogP contribution in [0.15, 0.2) is 24.3 Å². The number of carboxylic acids is 1. The third-order valence-corrected chi connectivity index (χ3v) is 0.881. The van der Waals surface area contributed by atoms with Crippen molar-refractivity contribution in [2.45, 2.75) is 6.92 Å². The Labute approximate surface area is 92.7 Å². The summed E-state index contributed by atoms with van der Waals surface area (Å²) in [6, 6.07) is 3.21. The fourth-order valence-electron chi connectivity index (χ4n) is 0.404. The number of ether oxygens (including phenoxy) is 1. The topological polar surface area (TPSA) is 111 Å². The molecule has 0 unspecified atom stereocenters. The number of carbonyl (C=O) groups excluding carboxylic acids is 1. The molecule has 0 aliphatic heterocycles. The van der Waals surface area contributed by atoms with Crippen LogP contribution < -0.4 is 0 Å². The highest BCUT2D eigenvalue weighted by molar-refractivity contribution is 5.82. The normalized spacial score (nSPS) is 8.69. The molecule has 0 aromatic heterocycles. The Morgan fingerprint density at radius 2 is 1.75 bits per heavy atom. The third-order valence-electron chi connectivity index (χ3n) is 0.881. The molecular formula is C10H10N2O4. The zero-order chi connectivity index (χ0) is 12.8. The van der Waals surface area contributed by atoms with Crippen LogP contribution in [0.25, 0.3) is 0 Å². The lowest BCUT2D eigenvalue weighted by Crippen LogP contribution is -1.98. The van der Waals surface area contributed by atoms with Gasteiger partial charge in [-0.15, -0.1) is 0 Å². The number of rotatable bonds is 3. The highest BCUT2D eigenvalue weighted by Gasteiger charge is 1.89. The number of nitriles is 2. The minimum absolute atomic E-state index is 0.342.